The van der Waals surface area contributed by atoms with Crippen LogP contribution >= 0.6 is 0 Å². The summed E-state index contributed by atoms with van der Waals surface area (Å²) in [5, 5.41) is 36.3. The second kappa shape index (κ2) is 14.0. The highest BCUT2D eigenvalue weighted by Gasteiger charge is 2.30. The van der Waals surface area contributed by atoms with Gasteiger partial charge in [-0.2, -0.15) is 5.21 Å². The number of H-pyrrole nitrogens is 1. The number of aliphatic hydroxyl groups excluding tert-OH is 1. The molecule has 0 unspecified atom stereocenters. The molecule has 1 aromatic heterocycles. The molecule has 224 valence electrons. The van der Waals surface area contributed by atoms with Gasteiger partial charge in [-0.15, -0.1) is 10.2 Å². The van der Waals surface area contributed by atoms with Gasteiger partial charge < -0.3 is 26.4 Å². The minimum Gasteiger partial charge on any atom is -0.381 e. The van der Waals surface area contributed by atoms with Gasteiger partial charge in [0.15, 0.2) is 6.10 Å². The molecule has 0 radical (unpaired) electrons. The Labute approximate surface area is 253 Å². The zero-order valence-electron chi connectivity index (χ0n) is 23.9. The molecule has 2 heterocycles. The van der Waals surface area contributed by atoms with Gasteiger partial charge in [-0.05, 0) is 48.2 Å². The number of allylic oxidation sites excluding steroid dienone is 2. The molecule has 0 aliphatic carbocycles. The van der Waals surface area contributed by atoms with E-state index in [9.17, 15) is 19.5 Å². The summed E-state index contributed by atoms with van der Waals surface area (Å²) in [5.74, 6) is -1.29. The summed E-state index contributed by atoms with van der Waals surface area (Å²) >= 11 is 0. The number of hydrogen-bond donors (Lipinski definition) is 6. The molecule has 12 nitrogen and oxygen atoms in total. The first kappa shape index (κ1) is 29.9. The van der Waals surface area contributed by atoms with Crippen LogP contribution in [0.2, 0.25) is 0 Å². The van der Waals surface area contributed by atoms with E-state index in [1.54, 1.807) is 36.4 Å². The fourth-order valence-corrected chi connectivity index (χ4v) is 4.71. The molecule has 5 rings (SSSR count). The van der Waals surface area contributed by atoms with Crippen molar-refractivity contribution >= 4 is 23.4 Å². The lowest BCUT2D eigenvalue weighted by Gasteiger charge is -2.26. The van der Waals surface area contributed by atoms with Crippen LogP contribution in [0.25, 0.3) is 11.4 Å². The van der Waals surface area contributed by atoms with Gasteiger partial charge in [-0.3, -0.25) is 14.4 Å². The highest BCUT2D eigenvalue weighted by molar-refractivity contribution is 6.00. The standard InChI is InChI=1S/C32H32N8O4/c1-20(22-12-6-3-7-13-22)33-30(42)25-16-9-17-26(35-25)31(43)36-27(18-21-10-4-2-5-11-21)28(41)32(44)34-24-15-8-14-23(19-24)29-37-39-40-38-29/h2-8,10-17,19-20,27-28,35,41H,9,18H2,1H3,(H,33,42)(H,34,44)(H,36,43)(H,37,38,39,40)/t20-,27+,28+/m1/s1. The van der Waals surface area contributed by atoms with Crippen molar-refractivity contribution in [2.75, 3.05) is 5.32 Å². The molecule has 44 heavy (non-hydrogen) atoms. The van der Waals surface area contributed by atoms with Crippen molar-refractivity contribution in [1.82, 2.24) is 36.6 Å². The normalized spacial score (nSPS) is 14.6. The Kier molecular flexibility index (Phi) is 9.52. The molecular formula is C32H32N8O4. The van der Waals surface area contributed by atoms with Gasteiger partial charge in [0, 0.05) is 11.3 Å². The van der Waals surface area contributed by atoms with Crippen molar-refractivity contribution in [1.29, 1.82) is 0 Å². The zero-order chi connectivity index (χ0) is 30.9. The number of hydrogen-bond acceptors (Lipinski definition) is 8. The number of aromatic nitrogens is 4. The van der Waals surface area contributed by atoms with Gasteiger partial charge in [0.05, 0.1) is 12.1 Å². The minimum absolute atomic E-state index is 0.142. The van der Waals surface area contributed by atoms with Crippen molar-refractivity contribution < 1.29 is 19.5 Å². The molecule has 0 saturated carbocycles. The number of aromatic amines is 1. The first-order valence-electron chi connectivity index (χ1n) is 14.1. The second-order valence-electron chi connectivity index (χ2n) is 10.2. The molecule has 6 N–H and O–H groups in total. The molecule has 0 saturated heterocycles. The van der Waals surface area contributed by atoms with Crippen LogP contribution in [0, 0.1) is 0 Å². The number of aliphatic hydroxyl groups is 1. The first-order chi connectivity index (χ1) is 21.4. The van der Waals surface area contributed by atoms with E-state index in [4.69, 9.17) is 0 Å². The van der Waals surface area contributed by atoms with Gasteiger partial charge in [0.25, 0.3) is 17.7 Å². The monoisotopic (exact) mass is 592 g/mol. The van der Waals surface area contributed by atoms with Crippen molar-refractivity contribution in [3.8, 4) is 11.4 Å². The van der Waals surface area contributed by atoms with Gasteiger partial charge in [-0.25, -0.2) is 0 Å². The number of carbonyl (C=O) groups excluding carboxylic acids is 3. The van der Waals surface area contributed by atoms with Crippen molar-refractivity contribution in [3.05, 3.63) is 120 Å². The zero-order valence-corrected chi connectivity index (χ0v) is 23.9. The Bertz CT molecular complexity index is 1660. The quantitative estimate of drug-likeness (QED) is 0.154. The van der Waals surface area contributed by atoms with E-state index in [-0.39, 0.29) is 29.8 Å². The molecular weight excluding hydrogens is 560 g/mol. The lowest BCUT2D eigenvalue weighted by molar-refractivity contribution is -0.127. The number of anilines is 1. The highest BCUT2D eigenvalue weighted by atomic mass is 16.3. The number of carbonyl (C=O) groups is 3. The van der Waals surface area contributed by atoms with E-state index in [1.165, 1.54) is 0 Å². The van der Waals surface area contributed by atoms with E-state index >= 15 is 0 Å². The predicted octanol–water partition coefficient (Wildman–Crippen LogP) is 2.53. The Morgan fingerprint density at radius 2 is 1.57 bits per heavy atom. The largest absolute Gasteiger partial charge is 0.381 e. The van der Waals surface area contributed by atoms with Crippen LogP contribution in [0.15, 0.2) is 108 Å². The topological polar surface area (TPSA) is 174 Å². The molecule has 4 aromatic rings. The number of benzene rings is 3. The maximum Gasteiger partial charge on any atom is 0.267 e. The van der Waals surface area contributed by atoms with Crippen LogP contribution in [0.5, 0.6) is 0 Å². The number of nitrogens with zero attached hydrogens (tertiary/aromatic N) is 3. The smallest absolute Gasteiger partial charge is 0.267 e. The summed E-state index contributed by atoms with van der Waals surface area (Å²) in [4.78, 5) is 39.6. The number of nitrogens with one attached hydrogen (secondary N) is 5. The molecule has 12 heteroatoms. The van der Waals surface area contributed by atoms with E-state index in [0.717, 1.165) is 11.1 Å². The van der Waals surface area contributed by atoms with Crippen LogP contribution in [-0.4, -0.2) is 55.6 Å². The summed E-state index contributed by atoms with van der Waals surface area (Å²) in [5.41, 5.74) is 3.15. The minimum atomic E-state index is -1.61. The number of amides is 3. The number of rotatable bonds is 11. The van der Waals surface area contributed by atoms with Crippen LogP contribution < -0.4 is 21.3 Å². The van der Waals surface area contributed by atoms with E-state index in [1.807, 2.05) is 67.6 Å². The lowest BCUT2D eigenvalue weighted by atomic mass is 10.00. The average molecular weight is 593 g/mol. The summed E-state index contributed by atoms with van der Waals surface area (Å²) < 4.78 is 0. The Morgan fingerprint density at radius 1 is 0.886 bits per heavy atom. The molecule has 0 fully saturated rings. The molecule has 0 spiro atoms. The summed E-state index contributed by atoms with van der Waals surface area (Å²) in [6.45, 7) is 1.88. The van der Waals surface area contributed by atoms with Gasteiger partial charge in [0.2, 0.25) is 5.82 Å². The first-order valence-corrected chi connectivity index (χ1v) is 14.1. The van der Waals surface area contributed by atoms with E-state index < -0.39 is 24.0 Å². The van der Waals surface area contributed by atoms with Crippen LogP contribution in [0.4, 0.5) is 5.69 Å². The van der Waals surface area contributed by atoms with Gasteiger partial charge >= 0.3 is 0 Å². The maximum absolute atomic E-state index is 13.4. The van der Waals surface area contributed by atoms with Crippen molar-refractivity contribution in [3.63, 3.8) is 0 Å². The molecule has 3 atom stereocenters. The van der Waals surface area contributed by atoms with Gasteiger partial charge in [-0.1, -0.05) is 84.9 Å². The molecule has 1 aliphatic heterocycles. The number of tetrazole rings is 1. The average Bonchev–Trinajstić information content (AvgIpc) is 3.60. The van der Waals surface area contributed by atoms with Crippen LogP contribution in [0.1, 0.15) is 30.5 Å². The molecule has 0 bridgehead atoms. The predicted molar refractivity (Wildman–Crippen MR) is 163 cm³/mol. The third-order valence-electron chi connectivity index (χ3n) is 7.05. The summed E-state index contributed by atoms with van der Waals surface area (Å²) in [6, 6.07) is 24.3. The summed E-state index contributed by atoms with van der Waals surface area (Å²) in [6.07, 6.45) is 2.25. The second-order valence-corrected chi connectivity index (χ2v) is 10.2. The SMILES string of the molecule is C[C@@H](NC(=O)C1=CCC=C(C(=O)N[C@@H](Cc2ccccc2)[C@H](O)C(=O)Nc2cccc(-c3nn[nH]n3)c2)N1)c1ccccc1. The number of dihydropyridines is 1. The van der Waals surface area contributed by atoms with Crippen molar-refractivity contribution in [2.45, 2.75) is 38.0 Å². The molecule has 3 amide bonds. The van der Waals surface area contributed by atoms with Crippen LogP contribution in [-0.2, 0) is 20.8 Å². The fourth-order valence-electron chi connectivity index (χ4n) is 4.71. The van der Waals surface area contributed by atoms with E-state index in [0.29, 0.717) is 23.5 Å². The Hall–Kier alpha value is -5.62. The van der Waals surface area contributed by atoms with E-state index in [2.05, 4.69) is 41.9 Å². The third-order valence-corrected chi connectivity index (χ3v) is 7.05. The van der Waals surface area contributed by atoms with Gasteiger partial charge in [0.1, 0.15) is 11.4 Å². The third kappa shape index (κ3) is 7.61. The van der Waals surface area contributed by atoms with Crippen molar-refractivity contribution in [2.24, 2.45) is 0 Å². The molecule has 3 aromatic carbocycles. The Balaban J connectivity index is 1.25. The lowest BCUT2D eigenvalue weighted by Crippen LogP contribution is -2.51. The summed E-state index contributed by atoms with van der Waals surface area (Å²) in [7, 11) is 0. The maximum atomic E-state index is 13.4. The molecule has 1 aliphatic rings. The van der Waals surface area contributed by atoms with Crippen LogP contribution in [0.3, 0.4) is 0 Å². The fraction of sp³-hybridized carbons (Fsp3) is 0.188. The Morgan fingerprint density at radius 3 is 2.25 bits per heavy atom. The highest BCUT2D eigenvalue weighted by Crippen LogP contribution is 2.19.